The van der Waals surface area contributed by atoms with Gasteiger partial charge in [-0.15, -0.1) is 11.3 Å². The van der Waals surface area contributed by atoms with Crippen LogP contribution in [0.1, 0.15) is 32.8 Å². The first-order valence-corrected chi connectivity index (χ1v) is 8.02. The predicted octanol–water partition coefficient (Wildman–Crippen LogP) is 3.26. The predicted molar refractivity (Wildman–Crippen MR) is 86.1 cm³/mol. The third-order valence-corrected chi connectivity index (χ3v) is 4.22. The Morgan fingerprint density at radius 1 is 1.45 bits per heavy atom. The summed E-state index contributed by atoms with van der Waals surface area (Å²) in [4.78, 5) is 26.9. The van der Waals surface area contributed by atoms with Crippen molar-refractivity contribution in [1.29, 1.82) is 0 Å². The molecule has 118 valence electrons. The van der Waals surface area contributed by atoms with Crippen LogP contribution in [-0.2, 0) is 11.2 Å². The second kappa shape index (κ2) is 5.31. The zero-order chi connectivity index (χ0) is 15.9. The molecule has 0 aromatic carbocycles. The maximum atomic E-state index is 12.2. The molecule has 0 spiro atoms. The molecule has 2 aromatic rings. The molecule has 1 aliphatic heterocycles. The van der Waals surface area contributed by atoms with Crippen molar-refractivity contribution in [2.45, 2.75) is 39.2 Å². The first-order valence-electron chi connectivity index (χ1n) is 7.14. The Kier molecular flexibility index (Phi) is 3.60. The van der Waals surface area contributed by atoms with Gasteiger partial charge in [-0.2, -0.15) is 0 Å². The lowest BCUT2D eigenvalue weighted by Gasteiger charge is -2.20. The first-order chi connectivity index (χ1) is 10.3. The summed E-state index contributed by atoms with van der Waals surface area (Å²) >= 11 is 1.35. The molecule has 0 fully saturated rings. The highest BCUT2D eigenvalue weighted by Gasteiger charge is 2.23. The SMILES string of the molecule is CC(C)(C)OC(=O)Nc1[nH]c(=O)c2scc3c2c1CCCO3. The van der Waals surface area contributed by atoms with Gasteiger partial charge < -0.3 is 14.5 Å². The van der Waals surface area contributed by atoms with Gasteiger partial charge >= 0.3 is 6.09 Å². The molecule has 2 N–H and O–H groups in total. The maximum Gasteiger partial charge on any atom is 0.413 e. The molecule has 7 heteroatoms. The number of thiophene rings is 1. The van der Waals surface area contributed by atoms with Crippen LogP contribution in [0.15, 0.2) is 10.2 Å². The lowest BCUT2D eigenvalue weighted by molar-refractivity contribution is 0.0635. The van der Waals surface area contributed by atoms with Gasteiger partial charge in [0.1, 0.15) is 21.9 Å². The zero-order valence-corrected chi connectivity index (χ0v) is 13.6. The van der Waals surface area contributed by atoms with E-state index in [1.807, 2.05) is 5.38 Å². The van der Waals surface area contributed by atoms with Crippen LogP contribution in [0.4, 0.5) is 10.6 Å². The fourth-order valence-electron chi connectivity index (χ4n) is 2.47. The van der Waals surface area contributed by atoms with Crippen LogP contribution >= 0.6 is 11.3 Å². The number of rotatable bonds is 1. The summed E-state index contributed by atoms with van der Waals surface area (Å²) in [6, 6.07) is 0. The van der Waals surface area contributed by atoms with E-state index in [-0.39, 0.29) is 5.56 Å². The molecule has 1 aliphatic rings. The number of aromatic amines is 1. The molecule has 0 unspecified atom stereocenters. The molecule has 0 aliphatic carbocycles. The average molecular weight is 322 g/mol. The Balaban J connectivity index is 2.04. The lowest BCUT2D eigenvalue weighted by atomic mass is 10.1. The van der Waals surface area contributed by atoms with Gasteiger partial charge in [0.15, 0.2) is 0 Å². The third kappa shape index (κ3) is 2.81. The average Bonchev–Trinajstić information content (AvgIpc) is 2.68. The normalized spacial score (nSPS) is 14.3. The number of nitrogens with one attached hydrogen (secondary N) is 2. The smallest absolute Gasteiger partial charge is 0.413 e. The van der Waals surface area contributed by atoms with E-state index in [1.54, 1.807) is 20.8 Å². The second-order valence-electron chi connectivity index (χ2n) is 6.19. The quantitative estimate of drug-likeness (QED) is 0.844. The van der Waals surface area contributed by atoms with Gasteiger partial charge in [0.25, 0.3) is 5.56 Å². The number of H-pyrrole nitrogens is 1. The molecule has 22 heavy (non-hydrogen) atoms. The molecule has 1 amide bonds. The van der Waals surface area contributed by atoms with E-state index < -0.39 is 11.7 Å². The van der Waals surface area contributed by atoms with Crippen LogP contribution in [0.2, 0.25) is 0 Å². The van der Waals surface area contributed by atoms with E-state index >= 15 is 0 Å². The summed E-state index contributed by atoms with van der Waals surface area (Å²) in [6.07, 6.45) is 0.965. The van der Waals surface area contributed by atoms with Gasteiger partial charge in [-0.3, -0.25) is 10.1 Å². The van der Waals surface area contributed by atoms with E-state index in [2.05, 4.69) is 10.3 Å². The fraction of sp³-hybridized carbons (Fsp3) is 0.467. The van der Waals surface area contributed by atoms with Crippen molar-refractivity contribution in [2.24, 2.45) is 0 Å². The van der Waals surface area contributed by atoms with Crippen LogP contribution in [0.5, 0.6) is 5.75 Å². The fourth-order valence-corrected chi connectivity index (χ4v) is 3.38. The number of carbonyl (C=O) groups excluding carboxylic acids is 1. The molecule has 0 radical (unpaired) electrons. The Hall–Kier alpha value is -2.02. The molecule has 0 saturated carbocycles. The number of ether oxygens (including phenoxy) is 2. The molecule has 2 aromatic heterocycles. The molecule has 0 bridgehead atoms. The van der Waals surface area contributed by atoms with Gasteiger partial charge in [-0.05, 0) is 33.6 Å². The standard InChI is InChI=1S/C15H18N2O4S/c1-15(2,3)21-14(19)17-12-8-5-4-6-20-9-7-22-11(10(8)9)13(18)16-12/h7H,4-6H2,1-3H3,(H2,16,17,18,19). The summed E-state index contributed by atoms with van der Waals surface area (Å²) in [7, 11) is 0. The highest BCUT2D eigenvalue weighted by atomic mass is 32.1. The van der Waals surface area contributed by atoms with Crippen molar-refractivity contribution in [2.75, 3.05) is 11.9 Å². The van der Waals surface area contributed by atoms with Crippen molar-refractivity contribution in [3.63, 3.8) is 0 Å². The Bertz CT molecular complexity index is 785. The highest BCUT2D eigenvalue weighted by molar-refractivity contribution is 7.17. The molecule has 0 atom stereocenters. The van der Waals surface area contributed by atoms with E-state index in [0.29, 0.717) is 22.9 Å². The number of hydrogen-bond donors (Lipinski definition) is 2. The third-order valence-electron chi connectivity index (χ3n) is 3.26. The largest absolute Gasteiger partial charge is 0.492 e. The number of pyridine rings is 1. The monoisotopic (exact) mass is 322 g/mol. The van der Waals surface area contributed by atoms with Crippen molar-refractivity contribution < 1.29 is 14.3 Å². The van der Waals surface area contributed by atoms with Crippen molar-refractivity contribution in [3.05, 3.63) is 21.3 Å². The molecular weight excluding hydrogens is 304 g/mol. The van der Waals surface area contributed by atoms with Gasteiger partial charge in [-0.25, -0.2) is 4.79 Å². The topological polar surface area (TPSA) is 80.4 Å². The van der Waals surface area contributed by atoms with E-state index in [1.165, 1.54) is 11.3 Å². The van der Waals surface area contributed by atoms with Crippen LogP contribution < -0.4 is 15.6 Å². The molecule has 0 saturated heterocycles. The number of aromatic nitrogens is 1. The molecule has 3 heterocycles. The van der Waals surface area contributed by atoms with Crippen LogP contribution in [-0.4, -0.2) is 23.3 Å². The summed E-state index contributed by atoms with van der Waals surface area (Å²) < 4.78 is 11.5. The lowest BCUT2D eigenvalue weighted by Crippen LogP contribution is -2.28. The number of carbonyl (C=O) groups is 1. The minimum absolute atomic E-state index is 0.230. The summed E-state index contributed by atoms with van der Waals surface area (Å²) in [5, 5.41) is 5.30. The number of aryl methyl sites for hydroxylation is 1. The van der Waals surface area contributed by atoms with Crippen LogP contribution in [0.3, 0.4) is 0 Å². The zero-order valence-electron chi connectivity index (χ0n) is 12.7. The van der Waals surface area contributed by atoms with Crippen molar-refractivity contribution in [1.82, 2.24) is 4.98 Å². The van der Waals surface area contributed by atoms with E-state index in [9.17, 15) is 9.59 Å². The Morgan fingerprint density at radius 3 is 2.95 bits per heavy atom. The minimum atomic E-state index is -0.598. The summed E-state index contributed by atoms with van der Waals surface area (Å²) in [6.45, 7) is 5.97. The number of amides is 1. The number of anilines is 1. The molecule has 6 nitrogen and oxygen atoms in total. The molecule has 3 rings (SSSR count). The van der Waals surface area contributed by atoms with Crippen molar-refractivity contribution >= 4 is 33.3 Å². The molecular formula is C15H18N2O4S. The highest BCUT2D eigenvalue weighted by Crippen LogP contribution is 2.37. The van der Waals surface area contributed by atoms with Gasteiger partial charge in [0, 0.05) is 16.3 Å². The van der Waals surface area contributed by atoms with Crippen molar-refractivity contribution in [3.8, 4) is 5.75 Å². The Labute approximate surface area is 131 Å². The Morgan fingerprint density at radius 2 is 2.23 bits per heavy atom. The van der Waals surface area contributed by atoms with Gasteiger partial charge in [0.2, 0.25) is 0 Å². The first kappa shape index (κ1) is 14.9. The summed E-state index contributed by atoms with van der Waals surface area (Å²) in [5.41, 5.74) is 0.0694. The number of hydrogen-bond acceptors (Lipinski definition) is 5. The van der Waals surface area contributed by atoms with Gasteiger partial charge in [0.05, 0.1) is 6.61 Å². The van der Waals surface area contributed by atoms with E-state index in [0.717, 1.165) is 23.8 Å². The maximum absolute atomic E-state index is 12.2. The van der Waals surface area contributed by atoms with Crippen LogP contribution in [0, 0.1) is 0 Å². The minimum Gasteiger partial charge on any atom is -0.492 e. The van der Waals surface area contributed by atoms with E-state index in [4.69, 9.17) is 9.47 Å². The van der Waals surface area contributed by atoms with Gasteiger partial charge in [-0.1, -0.05) is 0 Å². The summed E-state index contributed by atoms with van der Waals surface area (Å²) in [5.74, 6) is 1.11. The second-order valence-corrected chi connectivity index (χ2v) is 7.07. The van der Waals surface area contributed by atoms with Crippen LogP contribution in [0.25, 0.3) is 10.1 Å².